The van der Waals surface area contributed by atoms with Crippen molar-refractivity contribution in [3.63, 3.8) is 0 Å². The Morgan fingerprint density at radius 2 is 2.40 bits per heavy atom. The highest BCUT2D eigenvalue weighted by Gasteiger charge is 1.96. The van der Waals surface area contributed by atoms with Gasteiger partial charge in [0.2, 0.25) is 0 Å². The van der Waals surface area contributed by atoms with E-state index < -0.39 is 0 Å². The molecule has 10 heavy (non-hydrogen) atoms. The van der Waals surface area contributed by atoms with Crippen LogP contribution in [0, 0.1) is 12.3 Å². The Labute approximate surface area is 64.0 Å². The van der Waals surface area contributed by atoms with E-state index in [1.807, 2.05) is 0 Å². The molecule has 0 aliphatic carbocycles. The van der Waals surface area contributed by atoms with Crippen molar-refractivity contribution in [1.82, 2.24) is 4.98 Å². The molecule has 1 heterocycles. The third-order valence-corrected chi connectivity index (χ3v) is 1.32. The predicted molar refractivity (Wildman–Crippen MR) is 41.6 cm³/mol. The maximum atomic E-state index is 5.59. The zero-order valence-corrected chi connectivity index (χ0v) is 5.89. The zero-order chi connectivity index (χ0) is 7.56. The molecular weight excluding hydrogens is 148 g/mol. The van der Waals surface area contributed by atoms with Gasteiger partial charge in [0.15, 0.2) is 0 Å². The first-order valence-electron chi connectivity index (χ1n) is 2.61. The molecule has 0 aliphatic rings. The van der Waals surface area contributed by atoms with Gasteiger partial charge >= 0.3 is 0 Å². The molecule has 0 aliphatic heterocycles. The van der Waals surface area contributed by atoms with Gasteiger partial charge in [-0.05, 0) is 6.07 Å². The van der Waals surface area contributed by atoms with Crippen molar-refractivity contribution in [2.45, 2.75) is 0 Å². The zero-order valence-electron chi connectivity index (χ0n) is 5.13. The maximum Gasteiger partial charge on any atom is 0.144 e. The maximum absolute atomic E-state index is 5.59. The molecule has 0 spiro atoms. The second-order valence-corrected chi connectivity index (χ2v) is 2.11. The van der Waals surface area contributed by atoms with E-state index in [0.29, 0.717) is 16.4 Å². The lowest BCUT2D eigenvalue weighted by atomic mass is 10.3. The first-order valence-corrected chi connectivity index (χ1v) is 2.99. The number of rotatable bonds is 0. The van der Waals surface area contributed by atoms with E-state index in [1.54, 1.807) is 6.07 Å². The van der Waals surface area contributed by atoms with Crippen molar-refractivity contribution in [2.75, 3.05) is 5.73 Å². The first-order chi connectivity index (χ1) is 4.74. The fourth-order valence-electron chi connectivity index (χ4n) is 0.565. The van der Waals surface area contributed by atoms with E-state index in [1.165, 1.54) is 6.20 Å². The molecule has 0 bridgehead atoms. The van der Waals surface area contributed by atoms with Gasteiger partial charge in [0.1, 0.15) is 5.15 Å². The molecule has 0 atom stereocenters. The van der Waals surface area contributed by atoms with Crippen LogP contribution in [0.3, 0.4) is 0 Å². The van der Waals surface area contributed by atoms with E-state index in [9.17, 15) is 0 Å². The highest BCUT2D eigenvalue weighted by atomic mass is 35.5. The number of nitrogen functional groups attached to an aromatic ring is 1. The molecule has 50 valence electrons. The van der Waals surface area contributed by atoms with Gasteiger partial charge in [0, 0.05) is 0 Å². The topological polar surface area (TPSA) is 38.9 Å². The number of aromatic nitrogens is 1. The highest BCUT2D eigenvalue weighted by molar-refractivity contribution is 6.30. The molecule has 0 fully saturated rings. The second-order valence-electron chi connectivity index (χ2n) is 1.75. The van der Waals surface area contributed by atoms with Crippen molar-refractivity contribution in [3.8, 4) is 12.3 Å². The van der Waals surface area contributed by atoms with Crippen molar-refractivity contribution >= 4 is 17.3 Å². The lowest BCUT2D eigenvalue weighted by molar-refractivity contribution is 1.32. The Hall–Kier alpha value is -1.20. The summed E-state index contributed by atoms with van der Waals surface area (Å²) in [5.74, 6) is 2.36. The number of nitrogens with two attached hydrogens (primary N) is 1. The molecule has 2 nitrogen and oxygen atoms in total. The van der Waals surface area contributed by atoms with Gasteiger partial charge in [-0.3, -0.25) is 0 Å². The standard InChI is InChI=1S/C7H5ClN2/c1-2-5-3-6(9)4-10-7(5)8/h1,3-4H,9H2. The van der Waals surface area contributed by atoms with E-state index in [4.69, 9.17) is 23.8 Å². The van der Waals surface area contributed by atoms with Crippen LogP contribution in [0.4, 0.5) is 5.69 Å². The average molecular weight is 153 g/mol. The van der Waals surface area contributed by atoms with Crippen LogP contribution in [0.1, 0.15) is 5.56 Å². The quantitative estimate of drug-likeness (QED) is 0.450. The van der Waals surface area contributed by atoms with Gasteiger partial charge < -0.3 is 5.73 Å². The molecule has 1 aromatic rings. The second kappa shape index (κ2) is 2.59. The van der Waals surface area contributed by atoms with Crippen LogP contribution in [0.25, 0.3) is 0 Å². The van der Waals surface area contributed by atoms with Gasteiger partial charge in [-0.1, -0.05) is 17.5 Å². The minimum atomic E-state index is 0.316. The number of hydrogen-bond donors (Lipinski definition) is 1. The fraction of sp³-hybridized carbons (Fsp3) is 0. The van der Waals surface area contributed by atoms with Crippen LogP contribution in [0.15, 0.2) is 12.3 Å². The summed E-state index contributed by atoms with van der Waals surface area (Å²) in [6, 6.07) is 1.61. The number of anilines is 1. The molecule has 0 unspecified atom stereocenters. The van der Waals surface area contributed by atoms with Crippen LogP contribution >= 0.6 is 11.6 Å². The summed E-state index contributed by atoms with van der Waals surface area (Å²) in [4.78, 5) is 3.75. The molecule has 0 saturated heterocycles. The van der Waals surface area contributed by atoms with Crippen LogP contribution in [0.2, 0.25) is 5.15 Å². The van der Waals surface area contributed by atoms with E-state index in [2.05, 4.69) is 10.9 Å². The summed E-state index contributed by atoms with van der Waals surface area (Å²) in [5, 5.41) is 0.316. The van der Waals surface area contributed by atoms with Crippen molar-refractivity contribution in [1.29, 1.82) is 0 Å². The normalized spacial score (nSPS) is 8.80. The minimum absolute atomic E-state index is 0.316. The van der Waals surface area contributed by atoms with Crippen LogP contribution in [-0.2, 0) is 0 Å². The van der Waals surface area contributed by atoms with Gasteiger partial charge in [-0.25, -0.2) is 4.98 Å². The van der Waals surface area contributed by atoms with Crippen LogP contribution in [0.5, 0.6) is 0 Å². The molecule has 3 heteroatoms. The Bertz CT molecular complexity index is 288. The largest absolute Gasteiger partial charge is 0.397 e. The number of terminal acetylenes is 1. The summed E-state index contributed by atoms with van der Waals surface area (Å²) < 4.78 is 0. The van der Waals surface area contributed by atoms with Crippen LogP contribution in [-0.4, -0.2) is 4.98 Å². The van der Waals surface area contributed by atoms with Crippen molar-refractivity contribution < 1.29 is 0 Å². The van der Waals surface area contributed by atoms with E-state index >= 15 is 0 Å². The van der Waals surface area contributed by atoms with Crippen LogP contribution < -0.4 is 5.73 Å². The molecule has 0 radical (unpaired) electrons. The minimum Gasteiger partial charge on any atom is -0.397 e. The number of nitrogens with zero attached hydrogens (tertiary/aromatic N) is 1. The van der Waals surface area contributed by atoms with Crippen molar-refractivity contribution in [2.24, 2.45) is 0 Å². The molecular formula is C7H5ClN2. The smallest absolute Gasteiger partial charge is 0.144 e. The summed E-state index contributed by atoms with van der Waals surface area (Å²) in [5.41, 5.74) is 6.44. The fourth-order valence-corrected chi connectivity index (χ4v) is 0.723. The number of halogens is 1. The summed E-state index contributed by atoms with van der Waals surface area (Å²) in [6.07, 6.45) is 6.55. The Morgan fingerprint density at radius 1 is 1.70 bits per heavy atom. The Balaban J connectivity index is 3.25. The SMILES string of the molecule is C#Cc1cc(N)cnc1Cl. The molecule has 0 saturated carbocycles. The summed E-state index contributed by atoms with van der Waals surface area (Å²) in [7, 11) is 0. The van der Waals surface area contributed by atoms with E-state index in [0.717, 1.165) is 0 Å². The lowest BCUT2D eigenvalue weighted by Crippen LogP contribution is -1.88. The monoisotopic (exact) mass is 152 g/mol. The van der Waals surface area contributed by atoms with Crippen molar-refractivity contribution in [3.05, 3.63) is 23.0 Å². The van der Waals surface area contributed by atoms with Gasteiger partial charge in [0.05, 0.1) is 17.4 Å². The van der Waals surface area contributed by atoms with Gasteiger partial charge in [-0.2, -0.15) is 0 Å². The molecule has 0 aromatic carbocycles. The molecule has 1 aromatic heterocycles. The van der Waals surface area contributed by atoms with Gasteiger partial charge in [0.25, 0.3) is 0 Å². The van der Waals surface area contributed by atoms with E-state index in [-0.39, 0.29) is 0 Å². The molecule has 0 amide bonds. The first kappa shape index (κ1) is 6.91. The summed E-state index contributed by atoms with van der Waals surface area (Å²) in [6.45, 7) is 0. The Kier molecular flexibility index (Phi) is 1.79. The van der Waals surface area contributed by atoms with Gasteiger partial charge in [-0.15, -0.1) is 6.42 Å². The lowest BCUT2D eigenvalue weighted by Gasteiger charge is -1.94. The number of pyridine rings is 1. The third-order valence-electron chi connectivity index (χ3n) is 1.02. The third kappa shape index (κ3) is 1.20. The predicted octanol–water partition coefficient (Wildman–Crippen LogP) is 1.30. The Morgan fingerprint density at radius 3 is 2.90 bits per heavy atom. The highest BCUT2D eigenvalue weighted by Crippen LogP contribution is 2.13. The molecule has 2 N–H and O–H groups in total. The number of hydrogen-bond acceptors (Lipinski definition) is 2. The summed E-state index contributed by atoms with van der Waals surface area (Å²) >= 11 is 5.59. The average Bonchev–Trinajstić information content (AvgIpc) is 1.94. The molecule has 1 rings (SSSR count).